The summed E-state index contributed by atoms with van der Waals surface area (Å²) in [4.78, 5) is 31.6. The highest BCUT2D eigenvalue weighted by molar-refractivity contribution is 7.80. The second-order valence-corrected chi connectivity index (χ2v) is 5.59. The van der Waals surface area contributed by atoms with Crippen molar-refractivity contribution in [3.63, 3.8) is 0 Å². The average molecular weight is 283 g/mol. The Labute approximate surface area is 116 Å². The third kappa shape index (κ3) is 2.60. The van der Waals surface area contributed by atoms with Gasteiger partial charge in [-0.2, -0.15) is 12.6 Å². The molecule has 2 atom stereocenters. The zero-order chi connectivity index (χ0) is 14.0. The number of amides is 1. The minimum atomic E-state index is -1.04. The number of likely N-dealkylation sites (tertiary alicyclic amines) is 1. The molecule has 2 N–H and O–H groups in total. The van der Waals surface area contributed by atoms with E-state index in [0.29, 0.717) is 13.0 Å². The first-order valence-electron chi connectivity index (χ1n) is 6.15. The molecule has 1 aromatic rings. The number of nitrogens with zero attached hydrogens (tertiary/aromatic N) is 2. The van der Waals surface area contributed by atoms with Crippen molar-refractivity contribution >= 4 is 24.5 Å². The number of rotatable bonds is 4. The Morgan fingerprint density at radius 1 is 1.68 bits per heavy atom. The standard InChI is InChI=1S/C12H17N3O3S/c1-12(3-2-4-15(12)11(17)18)10(16)5-9(19)8-6-13-7-14-8/h6-7,9,19H,2-5H2,1H3,(H,13,14)(H,17,18)/t9?,12-/m1/s1. The summed E-state index contributed by atoms with van der Waals surface area (Å²) in [6.07, 6.45) is 3.59. The van der Waals surface area contributed by atoms with E-state index < -0.39 is 11.6 Å². The molecular formula is C12H17N3O3S. The molecule has 1 amide bonds. The summed E-state index contributed by atoms with van der Waals surface area (Å²) in [6, 6.07) is 0. The Morgan fingerprint density at radius 3 is 3.00 bits per heavy atom. The lowest BCUT2D eigenvalue weighted by molar-refractivity contribution is -0.127. The largest absolute Gasteiger partial charge is 0.465 e. The van der Waals surface area contributed by atoms with Gasteiger partial charge in [-0.15, -0.1) is 0 Å². The molecular weight excluding hydrogens is 266 g/mol. The van der Waals surface area contributed by atoms with Gasteiger partial charge in [0.15, 0.2) is 5.78 Å². The van der Waals surface area contributed by atoms with Gasteiger partial charge >= 0.3 is 6.09 Å². The van der Waals surface area contributed by atoms with Crippen molar-refractivity contribution in [2.45, 2.75) is 37.0 Å². The van der Waals surface area contributed by atoms with Crippen LogP contribution in [-0.4, -0.2) is 43.9 Å². The van der Waals surface area contributed by atoms with E-state index in [2.05, 4.69) is 22.6 Å². The van der Waals surface area contributed by atoms with Crippen molar-refractivity contribution in [1.29, 1.82) is 0 Å². The van der Waals surface area contributed by atoms with Gasteiger partial charge in [0.2, 0.25) is 0 Å². The maximum atomic E-state index is 12.4. The highest BCUT2D eigenvalue weighted by Gasteiger charge is 2.45. The monoisotopic (exact) mass is 283 g/mol. The minimum Gasteiger partial charge on any atom is -0.465 e. The number of Topliss-reactive ketones (excluding diaryl/α,β-unsaturated/α-hetero) is 1. The number of hydrogen-bond acceptors (Lipinski definition) is 4. The molecule has 0 aromatic carbocycles. The van der Waals surface area contributed by atoms with Crippen LogP contribution < -0.4 is 0 Å². The van der Waals surface area contributed by atoms with Crippen LogP contribution in [0.1, 0.15) is 37.1 Å². The van der Waals surface area contributed by atoms with Gasteiger partial charge in [-0.05, 0) is 19.8 Å². The van der Waals surface area contributed by atoms with Crippen molar-refractivity contribution in [2.75, 3.05) is 6.54 Å². The molecule has 6 nitrogen and oxygen atoms in total. The van der Waals surface area contributed by atoms with E-state index in [9.17, 15) is 9.59 Å². The Morgan fingerprint density at radius 2 is 2.42 bits per heavy atom. The van der Waals surface area contributed by atoms with Gasteiger partial charge in [0.1, 0.15) is 5.54 Å². The first-order valence-corrected chi connectivity index (χ1v) is 6.67. The SMILES string of the molecule is C[C@]1(C(=O)CC(S)c2cnc[nH]2)CCCN1C(=O)O. The summed E-state index contributed by atoms with van der Waals surface area (Å²) in [5.41, 5.74) is -0.160. The van der Waals surface area contributed by atoms with Crippen LogP contribution in [0.25, 0.3) is 0 Å². The number of carboxylic acid groups (broad SMARTS) is 1. The molecule has 0 aliphatic carbocycles. The molecule has 1 aliphatic heterocycles. The van der Waals surface area contributed by atoms with E-state index >= 15 is 0 Å². The van der Waals surface area contributed by atoms with Crippen molar-refractivity contribution in [3.8, 4) is 0 Å². The molecule has 0 radical (unpaired) electrons. The number of thiol groups is 1. The lowest BCUT2D eigenvalue weighted by Crippen LogP contribution is -2.50. The van der Waals surface area contributed by atoms with Gasteiger partial charge in [-0.1, -0.05) is 0 Å². The molecule has 1 saturated heterocycles. The van der Waals surface area contributed by atoms with Gasteiger partial charge in [0, 0.05) is 24.9 Å². The van der Waals surface area contributed by atoms with E-state index in [1.54, 1.807) is 13.1 Å². The summed E-state index contributed by atoms with van der Waals surface area (Å²) in [5.74, 6) is -0.0954. The summed E-state index contributed by atoms with van der Waals surface area (Å²) in [5, 5.41) is 8.87. The van der Waals surface area contributed by atoms with Crippen molar-refractivity contribution in [2.24, 2.45) is 0 Å². The maximum absolute atomic E-state index is 12.4. The zero-order valence-corrected chi connectivity index (χ0v) is 11.6. The van der Waals surface area contributed by atoms with E-state index in [-0.39, 0.29) is 17.5 Å². The number of aromatic amines is 1. The Balaban J connectivity index is 2.08. The fourth-order valence-electron chi connectivity index (χ4n) is 2.51. The first kappa shape index (κ1) is 13.9. The van der Waals surface area contributed by atoms with E-state index in [1.165, 1.54) is 11.2 Å². The normalized spacial score (nSPS) is 24.4. The minimum absolute atomic E-state index is 0.0954. The summed E-state index contributed by atoms with van der Waals surface area (Å²) < 4.78 is 0. The number of carbonyl (C=O) groups excluding carboxylic acids is 1. The maximum Gasteiger partial charge on any atom is 0.408 e. The van der Waals surface area contributed by atoms with Crippen LogP contribution in [0.2, 0.25) is 0 Å². The molecule has 1 fully saturated rings. The van der Waals surface area contributed by atoms with E-state index in [1.807, 2.05) is 0 Å². The lowest BCUT2D eigenvalue weighted by Gasteiger charge is -2.32. The van der Waals surface area contributed by atoms with Gasteiger partial charge in [0.25, 0.3) is 0 Å². The summed E-state index contributed by atoms with van der Waals surface area (Å²) in [6.45, 7) is 2.11. The molecule has 19 heavy (non-hydrogen) atoms. The number of aromatic nitrogens is 2. The van der Waals surface area contributed by atoms with Gasteiger partial charge < -0.3 is 10.1 Å². The van der Waals surface area contributed by atoms with Crippen LogP contribution in [0.5, 0.6) is 0 Å². The van der Waals surface area contributed by atoms with Crippen molar-refractivity contribution in [3.05, 3.63) is 18.2 Å². The quantitative estimate of drug-likeness (QED) is 0.736. The second-order valence-electron chi connectivity index (χ2n) is 4.96. The van der Waals surface area contributed by atoms with Crippen molar-refractivity contribution < 1.29 is 14.7 Å². The van der Waals surface area contributed by atoms with Crippen LogP contribution in [-0.2, 0) is 4.79 Å². The average Bonchev–Trinajstić information content (AvgIpc) is 2.97. The summed E-state index contributed by atoms with van der Waals surface area (Å²) >= 11 is 4.38. The number of imidazole rings is 1. The Hall–Kier alpha value is -1.50. The van der Waals surface area contributed by atoms with Crippen molar-refractivity contribution in [1.82, 2.24) is 14.9 Å². The molecule has 2 heterocycles. The number of H-pyrrole nitrogens is 1. The molecule has 104 valence electrons. The predicted molar refractivity (Wildman–Crippen MR) is 72.3 cm³/mol. The van der Waals surface area contributed by atoms with Crippen LogP contribution in [0, 0.1) is 0 Å². The third-order valence-electron chi connectivity index (χ3n) is 3.73. The molecule has 0 saturated carbocycles. The predicted octanol–water partition coefficient (Wildman–Crippen LogP) is 1.87. The zero-order valence-electron chi connectivity index (χ0n) is 10.7. The molecule has 0 spiro atoms. The smallest absolute Gasteiger partial charge is 0.408 e. The number of nitrogens with one attached hydrogen (secondary N) is 1. The molecule has 0 bridgehead atoms. The number of carbonyl (C=O) groups is 2. The molecule has 2 rings (SSSR count). The van der Waals surface area contributed by atoms with E-state index in [0.717, 1.165) is 12.1 Å². The topological polar surface area (TPSA) is 86.3 Å². The second kappa shape index (κ2) is 5.24. The van der Waals surface area contributed by atoms with Crippen LogP contribution in [0.4, 0.5) is 4.79 Å². The fourth-order valence-corrected chi connectivity index (χ4v) is 2.82. The highest BCUT2D eigenvalue weighted by atomic mass is 32.1. The van der Waals surface area contributed by atoms with Gasteiger partial charge in [-0.3, -0.25) is 9.69 Å². The molecule has 7 heteroatoms. The first-order chi connectivity index (χ1) is 8.95. The van der Waals surface area contributed by atoms with Gasteiger partial charge in [0.05, 0.1) is 11.6 Å². The number of hydrogen-bond donors (Lipinski definition) is 3. The summed E-state index contributed by atoms with van der Waals surface area (Å²) in [7, 11) is 0. The highest BCUT2D eigenvalue weighted by Crippen LogP contribution is 2.34. The van der Waals surface area contributed by atoms with Crippen LogP contribution >= 0.6 is 12.6 Å². The van der Waals surface area contributed by atoms with Gasteiger partial charge in [-0.25, -0.2) is 9.78 Å². The lowest BCUT2D eigenvalue weighted by atomic mass is 9.90. The molecule has 1 aliphatic rings. The number of ketones is 1. The third-order valence-corrected chi connectivity index (χ3v) is 4.19. The van der Waals surface area contributed by atoms with Crippen LogP contribution in [0.3, 0.4) is 0 Å². The Kier molecular flexibility index (Phi) is 3.84. The Bertz CT molecular complexity index is 477. The molecule has 1 unspecified atom stereocenters. The fraction of sp³-hybridized carbons (Fsp3) is 0.583. The van der Waals surface area contributed by atoms with Crippen LogP contribution in [0.15, 0.2) is 12.5 Å². The molecule has 1 aromatic heterocycles. The van der Waals surface area contributed by atoms with E-state index in [4.69, 9.17) is 5.11 Å².